The summed E-state index contributed by atoms with van der Waals surface area (Å²) in [6.45, 7) is 2.78. The van der Waals surface area contributed by atoms with Crippen LogP contribution in [0.4, 0.5) is 0 Å². The van der Waals surface area contributed by atoms with E-state index in [1.54, 1.807) is 0 Å². The van der Waals surface area contributed by atoms with Gasteiger partial charge in [0.25, 0.3) is 0 Å². The third kappa shape index (κ3) is 8.95. The molecular weight excluding hydrogens is 432 g/mol. The SMILES string of the molecule is c1ccc(COc2ccc(CCCOCCCc3ccc(OCc4ccccc4)cc3)cc2)cc1. The molecular formula is C32H34O3. The predicted molar refractivity (Wildman–Crippen MR) is 142 cm³/mol. The molecule has 3 nitrogen and oxygen atoms in total. The van der Waals surface area contributed by atoms with Gasteiger partial charge >= 0.3 is 0 Å². The zero-order chi connectivity index (χ0) is 24.0. The molecule has 0 N–H and O–H groups in total. The summed E-state index contributed by atoms with van der Waals surface area (Å²) in [6.07, 6.45) is 4.09. The molecule has 0 aliphatic carbocycles. The van der Waals surface area contributed by atoms with Crippen molar-refractivity contribution >= 4 is 0 Å². The van der Waals surface area contributed by atoms with Gasteiger partial charge in [0.2, 0.25) is 0 Å². The lowest BCUT2D eigenvalue weighted by Crippen LogP contribution is -2.00. The van der Waals surface area contributed by atoms with Crippen molar-refractivity contribution in [3.05, 3.63) is 131 Å². The second-order valence-corrected chi connectivity index (χ2v) is 8.66. The Morgan fingerprint density at radius 1 is 0.400 bits per heavy atom. The van der Waals surface area contributed by atoms with Crippen molar-refractivity contribution < 1.29 is 14.2 Å². The van der Waals surface area contributed by atoms with Crippen molar-refractivity contribution in [3.8, 4) is 11.5 Å². The zero-order valence-corrected chi connectivity index (χ0v) is 20.3. The molecule has 3 heteroatoms. The molecule has 0 aliphatic heterocycles. The van der Waals surface area contributed by atoms with Crippen LogP contribution in [0, 0.1) is 0 Å². The van der Waals surface area contributed by atoms with Crippen LogP contribution in [0.15, 0.2) is 109 Å². The van der Waals surface area contributed by atoms with Crippen LogP contribution in [0.2, 0.25) is 0 Å². The molecule has 4 aromatic carbocycles. The lowest BCUT2D eigenvalue weighted by atomic mass is 10.1. The Bertz CT molecular complexity index is 1000. The summed E-state index contributed by atoms with van der Waals surface area (Å²) in [5.74, 6) is 1.81. The average Bonchev–Trinajstić information content (AvgIpc) is 2.93. The summed E-state index contributed by atoms with van der Waals surface area (Å²) in [6, 6.07) is 37.3. The summed E-state index contributed by atoms with van der Waals surface area (Å²) in [5, 5.41) is 0. The number of rotatable bonds is 14. The van der Waals surface area contributed by atoms with Gasteiger partial charge in [-0.1, -0.05) is 84.9 Å². The van der Waals surface area contributed by atoms with Crippen LogP contribution in [0.3, 0.4) is 0 Å². The van der Waals surface area contributed by atoms with E-state index in [2.05, 4.69) is 72.8 Å². The molecule has 0 saturated heterocycles. The van der Waals surface area contributed by atoms with Gasteiger partial charge in [-0.05, 0) is 72.2 Å². The molecule has 4 rings (SSSR count). The van der Waals surface area contributed by atoms with Crippen molar-refractivity contribution in [2.45, 2.75) is 38.9 Å². The summed E-state index contributed by atoms with van der Waals surface area (Å²) in [7, 11) is 0. The van der Waals surface area contributed by atoms with Crippen molar-refractivity contribution in [3.63, 3.8) is 0 Å². The van der Waals surface area contributed by atoms with Crippen molar-refractivity contribution in [2.75, 3.05) is 13.2 Å². The van der Waals surface area contributed by atoms with Crippen molar-refractivity contribution in [1.82, 2.24) is 0 Å². The molecule has 0 aliphatic rings. The lowest BCUT2D eigenvalue weighted by molar-refractivity contribution is 0.130. The number of hydrogen-bond acceptors (Lipinski definition) is 3. The lowest BCUT2D eigenvalue weighted by Gasteiger charge is -2.08. The van der Waals surface area contributed by atoms with Crippen molar-refractivity contribution in [2.24, 2.45) is 0 Å². The van der Waals surface area contributed by atoms with Gasteiger partial charge in [-0.15, -0.1) is 0 Å². The minimum atomic E-state index is 0.597. The molecule has 0 fully saturated rings. The first kappa shape index (κ1) is 24.6. The van der Waals surface area contributed by atoms with E-state index < -0.39 is 0 Å². The summed E-state index contributed by atoms with van der Waals surface area (Å²) >= 11 is 0. The van der Waals surface area contributed by atoms with Gasteiger partial charge in [0.1, 0.15) is 24.7 Å². The summed E-state index contributed by atoms with van der Waals surface area (Å²) in [4.78, 5) is 0. The average molecular weight is 467 g/mol. The van der Waals surface area contributed by atoms with E-state index in [0.29, 0.717) is 13.2 Å². The maximum atomic E-state index is 5.86. The molecule has 0 saturated carbocycles. The minimum absolute atomic E-state index is 0.597. The number of aryl methyl sites for hydroxylation is 2. The smallest absolute Gasteiger partial charge is 0.119 e. The van der Waals surface area contributed by atoms with E-state index in [-0.39, 0.29) is 0 Å². The van der Waals surface area contributed by atoms with E-state index in [9.17, 15) is 0 Å². The third-order valence-electron chi connectivity index (χ3n) is 5.85. The van der Waals surface area contributed by atoms with Crippen LogP contribution < -0.4 is 9.47 Å². The van der Waals surface area contributed by atoms with Crippen LogP contribution in [0.1, 0.15) is 35.1 Å². The number of ether oxygens (including phenoxy) is 3. The summed E-state index contributed by atoms with van der Waals surface area (Å²) < 4.78 is 17.6. The fraction of sp³-hybridized carbons (Fsp3) is 0.250. The van der Waals surface area contributed by atoms with Gasteiger partial charge < -0.3 is 14.2 Å². The van der Waals surface area contributed by atoms with E-state index in [1.165, 1.54) is 22.3 Å². The van der Waals surface area contributed by atoms with Crippen LogP contribution >= 0.6 is 0 Å². The normalized spacial score (nSPS) is 10.7. The zero-order valence-electron chi connectivity index (χ0n) is 20.3. The third-order valence-corrected chi connectivity index (χ3v) is 5.85. The first-order chi connectivity index (χ1) is 17.3. The maximum absolute atomic E-state index is 5.86. The highest BCUT2D eigenvalue weighted by Crippen LogP contribution is 2.17. The Kier molecular flexibility index (Phi) is 9.81. The highest BCUT2D eigenvalue weighted by molar-refractivity contribution is 5.29. The molecule has 0 radical (unpaired) electrons. The standard InChI is InChI=1S/C32H34O3/c1-3-9-29(10-4-1)25-34-31-19-15-27(16-20-31)13-7-23-33-24-8-14-28-17-21-32(22-18-28)35-26-30-11-5-2-6-12-30/h1-6,9-12,15-22H,7-8,13-14,23-26H2. The van der Waals surface area contributed by atoms with E-state index in [4.69, 9.17) is 14.2 Å². The van der Waals surface area contributed by atoms with E-state index in [0.717, 1.165) is 50.4 Å². The largest absolute Gasteiger partial charge is 0.489 e. The molecule has 0 spiro atoms. The van der Waals surface area contributed by atoms with Crippen molar-refractivity contribution in [1.29, 1.82) is 0 Å². The van der Waals surface area contributed by atoms with Crippen LogP contribution in [0.5, 0.6) is 11.5 Å². The van der Waals surface area contributed by atoms with Gasteiger partial charge in [-0.2, -0.15) is 0 Å². The molecule has 0 atom stereocenters. The minimum Gasteiger partial charge on any atom is -0.489 e. The molecule has 35 heavy (non-hydrogen) atoms. The molecule has 0 aromatic heterocycles. The van der Waals surface area contributed by atoms with Gasteiger partial charge in [0.15, 0.2) is 0 Å². The topological polar surface area (TPSA) is 27.7 Å². The predicted octanol–water partition coefficient (Wildman–Crippen LogP) is 7.43. The van der Waals surface area contributed by atoms with Gasteiger partial charge in [0.05, 0.1) is 0 Å². The van der Waals surface area contributed by atoms with Gasteiger partial charge in [0, 0.05) is 13.2 Å². The first-order valence-electron chi connectivity index (χ1n) is 12.4. The Hall–Kier alpha value is -3.56. The molecule has 0 amide bonds. The Morgan fingerprint density at radius 2 is 0.800 bits per heavy atom. The van der Waals surface area contributed by atoms with E-state index in [1.807, 2.05) is 36.4 Å². The van der Waals surface area contributed by atoms with Crippen LogP contribution in [-0.4, -0.2) is 13.2 Å². The first-order valence-corrected chi connectivity index (χ1v) is 12.4. The van der Waals surface area contributed by atoms with E-state index >= 15 is 0 Å². The molecule has 0 bridgehead atoms. The Balaban J connectivity index is 1.04. The monoisotopic (exact) mass is 466 g/mol. The van der Waals surface area contributed by atoms with Gasteiger partial charge in [-0.25, -0.2) is 0 Å². The fourth-order valence-electron chi connectivity index (χ4n) is 3.85. The quantitative estimate of drug-likeness (QED) is 0.181. The molecule has 0 heterocycles. The number of hydrogen-bond donors (Lipinski definition) is 0. The fourth-order valence-corrected chi connectivity index (χ4v) is 3.85. The second kappa shape index (κ2) is 14.0. The number of benzene rings is 4. The maximum Gasteiger partial charge on any atom is 0.119 e. The molecule has 0 unspecified atom stereocenters. The van der Waals surface area contributed by atoms with Gasteiger partial charge in [-0.3, -0.25) is 0 Å². The summed E-state index contributed by atoms with van der Waals surface area (Å²) in [5.41, 5.74) is 4.99. The Morgan fingerprint density at radius 3 is 1.20 bits per heavy atom. The van der Waals surface area contributed by atoms with Crippen LogP contribution in [-0.2, 0) is 30.8 Å². The Labute approximate surface area is 209 Å². The molecule has 180 valence electrons. The second-order valence-electron chi connectivity index (χ2n) is 8.66. The van der Waals surface area contributed by atoms with Crippen LogP contribution in [0.25, 0.3) is 0 Å². The highest BCUT2D eigenvalue weighted by atomic mass is 16.5. The highest BCUT2D eigenvalue weighted by Gasteiger charge is 2.00. The molecule has 4 aromatic rings.